The van der Waals surface area contributed by atoms with Crippen LogP contribution in [0.25, 0.3) is 10.8 Å². The molecule has 0 unspecified atom stereocenters. The van der Waals surface area contributed by atoms with Crippen molar-refractivity contribution in [1.82, 2.24) is 0 Å². The lowest BCUT2D eigenvalue weighted by molar-refractivity contribution is 0.194. The minimum absolute atomic E-state index is 0.359. The van der Waals surface area contributed by atoms with Crippen LogP contribution in [0.3, 0.4) is 0 Å². The van der Waals surface area contributed by atoms with Crippen LogP contribution in [0, 0.1) is 0 Å². The first-order valence-corrected chi connectivity index (χ1v) is 7.81. The standard InChI is InChI=1S/C21H17NO3/c23-21(22-19-12-11-17-8-5-6-9-18(17)16-19)25-20-10-4-2-1-3-7-14-24-15-13-20/h1-16H,(H,22,23). The summed E-state index contributed by atoms with van der Waals surface area (Å²) < 4.78 is 10.5. The molecule has 1 aliphatic rings. The van der Waals surface area contributed by atoms with E-state index in [1.54, 1.807) is 24.3 Å². The molecule has 0 aliphatic carbocycles. The maximum absolute atomic E-state index is 12.1. The van der Waals surface area contributed by atoms with Gasteiger partial charge in [-0.2, -0.15) is 0 Å². The molecule has 1 aliphatic heterocycles. The third kappa shape index (κ3) is 4.97. The molecule has 3 rings (SSSR count). The summed E-state index contributed by atoms with van der Waals surface area (Å²) in [6.45, 7) is 0. The average Bonchev–Trinajstić information content (AvgIpc) is 2.68. The van der Waals surface area contributed by atoms with Crippen LogP contribution in [0.4, 0.5) is 10.5 Å². The second kappa shape index (κ2) is 8.36. The molecule has 2 aromatic rings. The molecular weight excluding hydrogens is 314 g/mol. The molecule has 0 radical (unpaired) electrons. The zero-order chi connectivity index (χ0) is 17.3. The van der Waals surface area contributed by atoms with Gasteiger partial charge in [-0.15, -0.1) is 0 Å². The van der Waals surface area contributed by atoms with Gasteiger partial charge >= 0.3 is 6.09 Å². The molecule has 0 atom stereocenters. The number of hydrogen-bond donors (Lipinski definition) is 1. The van der Waals surface area contributed by atoms with Crippen molar-refractivity contribution in [3.05, 3.63) is 103 Å². The number of rotatable bonds is 2. The normalized spacial score (nSPS) is 13.7. The smallest absolute Gasteiger partial charge is 0.417 e. The maximum atomic E-state index is 12.1. The number of fused-ring (bicyclic) bond motifs is 1. The molecule has 0 spiro atoms. The lowest BCUT2D eigenvalue weighted by Gasteiger charge is -2.08. The van der Waals surface area contributed by atoms with Gasteiger partial charge in [0.1, 0.15) is 5.76 Å². The Morgan fingerprint density at radius 3 is 2.60 bits per heavy atom. The van der Waals surface area contributed by atoms with E-state index in [9.17, 15) is 4.79 Å². The van der Waals surface area contributed by atoms with Crippen LogP contribution in [0.5, 0.6) is 0 Å². The van der Waals surface area contributed by atoms with Gasteiger partial charge in [0.15, 0.2) is 0 Å². The van der Waals surface area contributed by atoms with E-state index >= 15 is 0 Å². The Hall–Kier alpha value is -3.53. The number of nitrogens with one attached hydrogen (secondary N) is 1. The van der Waals surface area contributed by atoms with Gasteiger partial charge < -0.3 is 9.47 Å². The monoisotopic (exact) mass is 331 g/mol. The van der Waals surface area contributed by atoms with Gasteiger partial charge in [0, 0.05) is 11.8 Å². The van der Waals surface area contributed by atoms with Gasteiger partial charge in [-0.1, -0.05) is 54.6 Å². The second-order valence-corrected chi connectivity index (χ2v) is 5.18. The summed E-state index contributed by atoms with van der Waals surface area (Å²) in [5.74, 6) is 0.359. The van der Waals surface area contributed by atoms with Gasteiger partial charge in [-0.3, -0.25) is 5.32 Å². The number of amides is 1. The van der Waals surface area contributed by atoms with Crippen LogP contribution in [-0.2, 0) is 9.47 Å². The highest BCUT2D eigenvalue weighted by Crippen LogP contribution is 2.19. The van der Waals surface area contributed by atoms with Crippen LogP contribution < -0.4 is 5.32 Å². The van der Waals surface area contributed by atoms with Crippen molar-refractivity contribution >= 4 is 22.6 Å². The zero-order valence-electron chi connectivity index (χ0n) is 13.5. The predicted molar refractivity (Wildman–Crippen MR) is 99.8 cm³/mol. The van der Waals surface area contributed by atoms with E-state index in [2.05, 4.69) is 5.32 Å². The van der Waals surface area contributed by atoms with Gasteiger partial charge in [0.2, 0.25) is 0 Å². The number of carbonyl (C=O) groups is 1. The van der Waals surface area contributed by atoms with Crippen molar-refractivity contribution < 1.29 is 14.3 Å². The van der Waals surface area contributed by atoms with E-state index in [-0.39, 0.29) is 0 Å². The van der Waals surface area contributed by atoms with Crippen LogP contribution in [-0.4, -0.2) is 6.09 Å². The van der Waals surface area contributed by atoms with Crippen molar-refractivity contribution in [1.29, 1.82) is 0 Å². The lowest BCUT2D eigenvalue weighted by atomic mass is 10.1. The third-order valence-corrected chi connectivity index (χ3v) is 3.38. The highest BCUT2D eigenvalue weighted by Gasteiger charge is 2.06. The first-order chi connectivity index (χ1) is 12.3. The number of ether oxygens (including phenoxy) is 2. The summed E-state index contributed by atoms with van der Waals surface area (Å²) in [6, 6.07) is 13.6. The number of hydrogen-bond acceptors (Lipinski definition) is 3. The van der Waals surface area contributed by atoms with Crippen molar-refractivity contribution in [3.63, 3.8) is 0 Å². The molecule has 124 valence electrons. The summed E-state index contributed by atoms with van der Waals surface area (Å²) in [7, 11) is 0. The van der Waals surface area contributed by atoms with Crippen molar-refractivity contribution in [2.45, 2.75) is 0 Å². The minimum atomic E-state index is -0.569. The molecule has 1 N–H and O–H groups in total. The van der Waals surface area contributed by atoms with E-state index in [1.165, 1.54) is 12.5 Å². The fraction of sp³-hybridized carbons (Fsp3) is 0. The quantitative estimate of drug-likeness (QED) is 0.797. The van der Waals surface area contributed by atoms with Crippen LogP contribution >= 0.6 is 0 Å². The Morgan fingerprint density at radius 2 is 1.68 bits per heavy atom. The third-order valence-electron chi connectivity index (χ3n) is 3.38. The molecule has 25 heavy (non-hydrogen) atoms. The van der Waals surface area contributed by atoms with E-state index in [0.29, 0.717) is 11.4 Å². The van der Waals surface area contributed by atoms with Crippen molar-refractivity contribution in [3.8, 4) is 0 Å². The summed E-state index contributed by atoms with van der Waals surface area (Å²) in [6.07, 6.45) is 14.7. The Morgan fingerprint density at radius 1 is 0.880 bits per heavy atom. The summed E-state index contributed by atoms with van der Waals surface area (Å²) in [5, 5.41) is 4.88. The summed E-state index contributed by atoms with van der Waals surface area (Å²) in [5.41, 5.74) is 0.669. The lowest BCUT2D eigenvalue weighted by Crippen LogP contribution is -2.12. The van der Waals surface area contributed by atoms with Gasteiger partial charge in [0.25, 0.3) is 0 Å². The van der Waals surface area contributed by atoms with E-state index in [0.717, 1.165) is 10.8 Å². The Balaban J connectivity index is 1.69. The molecule has 0 saturated heterocycles. The number of carbonyl (C=O) groups excluding carboxylic acids is 1. The van der Waals surface area contributed by atoms with E-state index in [4.69, 9.17) is 9.47 Å². The minimum Gasteiger partial charge on any atom is -0.472 e. The molecule has 0 bridgehead atoms. The topological polar surface area (TPSA) is 47.6 Å². The molecule has 1 amide bonds. The number of anilines is 1. The molecule has 4 nitrogen and oxygen atoms in total. The van der Waals surface area contributed by atoms with Crippen molar-refractivity contribution in [2.24, 2.45) is 0 Å². The van der Waals surface area contributed by atoms with Gasteiger partial charge in [0.05, 0.1) is 12.5 Å². The molecule has 0 aromatic heterocycles. The fourth-order valence-corrected chi connectivity index (χ4v) is 2.23. The SMILES string of the molecule is O=C(Nc1ccc2ccccc2c1)OC1=CC=CC=CC=COC=C1. The summed E-state index contributed by atoms with van der Waals surface area (Å²) in [4.78, 5) is 12.1. The molecule has 1 heterocycles. The molecule has 0 fully saturated rings. The fourth-order valence-electron chi connectivity index (χ4n) is 2.23. The molecule has 2 aromatic carbocycles. The van der Waals surface area contributed by atoms with E-state index < -0.39 is 6.09 Å². The van der Waals surface area contributed by atoms with Gasteiger partial charge in [-0.25, -0.2) is 4.79 Å². The van der Waals surface area contributed by atoms with Crippen LogP contribution in [0.1, 0.15) is 0 Å². The average molecular weight is 331 g/mol. The predicted octanol–water partition coefficient (Wildman–Crippen LogP) is 5.44. The first kappa shape index (κ1) is 16.3. The zero-order valence-corrected chi connectivity index (χ0v) is 13.5. The molecule has 0 saturated carbocycles. The van der Waals surface area contributed by atoms with Crippen molar-refractivity contribution in [2.75, 3.05) is 5.32 Å². The van der Waals surface area contributed by atoms with Gasteiger partial charge in [-0.05, 0) is 35.1 Å². The Labute approximate surface area is 146 Å². The largest absolute Gasteiger partial charge is 0.472 e. The molecular formula is C21H17NO3. The highest BCUT2D eigenvalue weighted by molar-refractivity contribution is 5.91. The highest BCUT2D eigenvalue weighted by atomic mass is 16.6. The Bertz CT molecular complexity index is 904. The van der Waals surface area contributed by atoms with Crippen LogP contribution in [0.15, 0.2) is 103 Å². The Kier molecular flexibility index (Phi) is 5.46. The maximum Gasteiger partial charge on any atom is 0.417 e. The number of allylic oxidation sites excluding steroid dienone is 7. The second-order valence-electron chi connectivity index (χ2n) is 5.18. The number of benzene rings is 2. The van der Waals surface area contributed by atoms with E-state index in [1.807, 2.05) is 60.7 Å². The van der Waals surface area contributed by atoms with Crippen LogP contribution in [0.2, 0.25) is 0 Å². The molecule has 4 heteroatoms. The first-order valence-electron chi connectivity index (χ1n) is 7.81. The summed E-state index contributed by atoms with van der Waals surface area (Å²) >= 11 is 0.